The summed E-state index contributed by atoms with van der Waals surface area (Å²) in [5, 5.41) is 13.8. The van der Waals surface area contributed by atoms with Crippen molar-refractivity contribution < 1.29 is 28.2 Å². The maximum Gasteiger partial charge on any atom is 0.404 e. The topological polar surface area (TPSA) is 106 Å². The summed E-state index contributed by atoms with van der Waals surface area (Å²) in [6.07, 6.45) is 0.103. The van der Waals surface area contributed by atoms with E-state index in [2.05, 4.69) is 15.6 Å². The summed E-state index contributed by atoms with van der Waals surface area (Å²) in [5.74, 6) is 1.07. The molecule has 0 radical (unpaired) electrons. The molecule has 0 atom stereocenters. The molecule has 1 aromatic heterocycles. The van der Waals surface area contributed by atoms with Crippen molar-refractivity contribution in [3.8, 4) is 5.75 Å². The molecule has 2 heterocycles. The molecule has 1 saturated heterocycles. The van der Waals surface area contributed by atoms with Crippen LogP contribution < -0.4 is 15.4 Å². The second kappa shape index (κ2) is 8.52. The monoisotopic (exact) mass is 365 g/mol. The summed E-state index contributed by atoms with van der Waals surface area (Å²) in [4.78, 5) is 14.8. The molecule has 9 heteroatoms. The second-order valence-electron chi connectivity index (χ2n) is 5.98. The average Bonchev–Trinajstić information content (AvgIpc) is 2.99. The van der Waals surface area contributed by atoms with Crippen molar-refractivity contribution in [1.82, 2.24) is 10.3 Å². The van der Waals surface area contributed by atoms with E-state index in [1.165, 1.54) is 0 Å². The van der Waals surface area contributed by atoms with Crippen LogP contribution in [0.2, 0.25) is 0 Å². The van der Waals surface area contributed by atoms with Gasteiger partial charge in [0, 0.05) is 30.6 Å². The molecule has 0 unspecified atom stereocenters. The summed E-state index contributed by atoms with van der Waals surface area (Å²) < 4.78 is 29.0. The molecule has 1 aromatic carbocycles. The van der Waals surface area contributed by atoms with Crippen molar-refractivity contribution in [2.75, 3.05) is 38.2 Å². The lowest BCUT2D eigenvalue weighted by molar-refractivity contribution is -0.0338. The number of fused-ring (bicyclic) bond motifs is 1. The number of amides is 1. The van der Waals surface area contributed by atoms with Gasteiger partial charge in [-0.15, -0.1) is 0 Å². The minimum atomic E-state index is -1.22. The molecule has 1 fully saturated rings. The van der Waals surface area contributed by atoms with E-state index in [1.807, 2.05) is 0 Å². The van der Waals surface area contributed by atoms with Gasteiger partial charge in [0.15, 0.2) is 5.58 Å². The van der Waals surface area contributed by atoms with Crippen molar-refractivity contribution >= 4 is 23.2 Å². The maximum atomic E-state index is 12.8. The van der Waals surface area contributed by atoms with Gasteiger partial charge in [0.05, 0.1) is 19.5 Å². The normalized spacial score (nSPS) is 14.9. The van der Waals surface area contributed by atoms with E-state index in [0.29, 0.717) is 35.1 Å². The lowest BCUT2D eigenvalue weighted by Crippen LogP contribution is -2.29. The van der Waals surface area contributed by atoms with Gasteiger partial charge in [-0.1, -0.05) is 0 Å². The Labute approximate surface area is 149 Å². The Morgan fingerprint density at radius 2 is 2.31 bits per heavy atom. The van der Waals surface area contributed by atoms with Crippen molar-refractivity contribution in [3.63, 3.8) is 0 Å². The van der Waals surface area contributed by atoms with Gasteiger partial charge in [-0.25, -0.2) is 9.18 Å². The molecule has 0 bridgehead atoms. The lowest BCUT2D eigenvalue weighted by Gasteiger charge is -2.25. The fourth-order valence-electron chi connectivity index (χ4n) is 2.39. The number of halogens is 1. The fourth-order valence-corrected chi connectivity index (χ4v) is 2.39. The number of benzene rings is 1. The number of oxazole rings is 1. The van der Waals surface area contributed by atoms with Gasteiger partial charge in [0.2, 0.25) is 0 Å². The first-order chi connectivity index (χ1) is 12.6. The third-order valence-corrected chi connectivity index (χ3v) is 3.94. The van der Waals surface area contributed by atoms with Crippen molar-refractivity contribution in [2.24, 2.45) is 5.92 Å². The molecule has 0 saturated carbocycles. The molecule has 0 spiro atoms. The number of carboxylic acid groups (broad SMARTS) is 1. The highest BCUT2D eigenvalue weighted by molar-refractivity contribution is 5.76. The molecule has 1 amide bonds. The number of ether oxygens (including phenoxy) is 2. The Morgan fingerprint density at radius 3 is 3.00 bits per heavy atom. The first-order valence-corrected chi connectivity index (χ1v) is 8.24. The van der Waals surface area contributed by atoms with E-state index in [0.717, 1.165) is 26.2 Å². The minimum Gasteiger partial charge on any atom is -0.489 e. The number of hydrogen-bond acceptors (Lipinski definition) is 6. The summed E-state index contributed by atoms with van der Waals surface area (Å²) in [5.41, 5.74) is 1.40. The van der Waals surface area contributed by atoms with Crippen LogP contribution in [-0.4, -0.2) is 49.1 Å². The molecule has 0 aliphatic carbocycles. The summed E-state index contributed by atoms with van der Waals surface area (Å²) in [7, 11) is 0. The number of hydrogen-bond donors (Lipinski definition) is 3. The smallest absolute Gasteiger partial charge is 0.404 e. The van der Waals surface area contributed by atoms with Gasteiger partial charge in [0.1, 0.15) is 17.9 Å². The van der Waals surface area contributed by atoms with E-state index in [9.17, 15) is 9.18 Å². The molecule has 3 rings (SSSR count). The lowest BCUT2D eigenvalue weighted by atomic mass is 10.0. The predicted molar refractivity (Wildman–Crippen MR) is 92.1 cm³/mol. The van der Waals surface area contributed by atoms with Crippen molar-refractivity contribution in [3.05, 3.63) is 30.1 Å². The van der Waals surface area contributed by atoms with Gasteiger partial charge in [0.25, 0.3) is 6.01 Å². The van der Waals surface area contributed by atoms with Crippen LogP contribution in [0.15, 0.2) is 34.5 Å². The number of nitrogens with zero attached hydrogens (tertiary/aromatic N) is 1. The molecule has 2 aromatic rings. The molecule has 1 aliphatic rings. The Bertz CT molecular complexity index is 788. The number of carbonyl (C=O) groups is 1. The van der Waals surface area contributed by atoms with Gasteiger partial charge in [-0.3, -0.25) is 0 Å². The molecule has 1 aliphatic heterocycles. The molecule has 140 valence electrons. The van der Waals surface area contributed by atoms with Gasteiger partial charge in [-0.05, 0) is 18.6 Å². The van der Waals surface area contributed by atoms with Crippen LogP contribution in [0.3, 0.4) is 0 Å². The fraction of sp³-hybridized carbons (Fsp3) is 0.412. The number of aromatic nitrogens is 1. The molecule has 26 heavy (non-hydrogen) atoms. The van der Waals surface area contributed by atoms with E-state index < -0.39 is 6.09 Å². The first kappa shape index (κ1) is 18.0. The van der Waals surface area contributed by atoms with E-state index in [1.54, 1.807) is 18.2 Å². The van der Waals surface area contributed by atoms with E-state index in [-0.39, 0.29) is 18.7 Å². The predicted octanol–water partition coefficient (Wildman–Crippen LogP) is 2.78. The van der Waals surface area contributed by atoms with Crippen LogP contribution in [-0.2, 0) is 4.74 Å². The number of anilines is 1. The Kier molecular flexibility index (Phi) is 5.90. The Hall–Kier alpha value is -2.81. The van der Waals surface area contributed by atoms with Crippen LogP contribution in [0, 0.1) is 5.92 Å². The maximum absolute atomic E-state index is 12.8. The molecule has 3 N–H and O–H groups in total. The summed E-state index contributed by atoms with van der Waals surface area (Å²) in [6, 6.07) is 5.54. The molecular formula is C17H20FN3O5. The van der Waals surface area contributed by atoms with Crippen LogP contribution >= 0.6 is 0 Å². The van der Waals surface area contributed by atoms with E-state index >= 15 is 0 Å². The Morgan fingerprint density at radius 1 is 1.46 bits per heavy atom. The third-order valence-electron chi connectivity index (χ3n) is 3.94. The Balaban J connectivity index is 1.53. The molecule has 8 nitrogen and oxygen atoms in total. The minimum absolute atomic E-state index is 0.0784. The zero-order chi connectivity index (χ0) is 18.4. The largest absolute Gasteiger partial charge is 0.489 e. The van der Waals surface area contributed by atoms with Crippen LogP contribution in [0.1, 0.15) is 6.42 Å². The highest BCUT2D eigenvalue weighted by Crippen LogP contribution is 2.24. The third kappa shape index (κ3) is 4.85. The number of nitrogens with one attached hydrogen (secondary N) is 2. The van der Waals surface area contributed by atoms with Crippen molar-refractivity contribution in [2.45, 2.75) is 6.42 Å². The summed E-state index contributed by atoms with van der Waals surface area (Å²) >= 11 is 0. The highest BCUT2D eigenvalue weighted by atomic mass is 19.1. The number of rotatable bonds is 9. The first-order valence-electron chi connectivity index (χ1n) is 8.24. The van der Waals surface area contributed by atoms with Gasteiger partial charge < -0.3 is 29.6 Å². The SMILES string of the molecule is O=C(O)NC/C(=C/F)COc1ccc2nc(NCCC3COC3)oc2c1. The van der Waals surface area contributed by atoms with Crippen LogP contribution in [0.5, 0.6) is 5.75 Å². The van der Waals surface area contributed by atoms with Crippen LogP contribution in [0.25, 0.3) is 11.1 Å². The molecular weight excluding hydrogens is 345 g/mol. The zero-order valence-corrected chi connectivity index (χ0v) is 14.0. The van der Waals surface area contributed by atoms with Crippen molar-refractivity contribution in [1.29, 1.82) is 0 Å². The standard InChI is InChI=1S/C17H20FN3O5/c18-6-12(7-20-17(22)23)10-25-13-1-2-14-15(5-13)26-16(21-14)19-4-3-11-8-24-9-11/h1-2,5-6,11,20H,3-4,7-10H2,(H,19,21)(H,22,23)/b12-6-. The quantitative estimate of drug-likeness (QED) is 0.627. The highest BCUT2D eigenvalue weighted by Gasteiger charge is 2.17. The van der Waals surface area contributed by atoms with Gasteiger partial charge in [-0.2, -0.15) is 4.98 Å². The van der Waals surface area contributed by atoms with Gasteiger partial charge >= 0.3 is 6.09 Å². The van der Waals surface area contributed by atoms with Crippen LogP contribution in [0.4, 0.5) is 15.2 Å². The summed E-state index contributed by atoms with van der Waals surface area (Å²) in [6.45, 7) is 2.16. The van der Waals surface area contributed by atoms with E-state index in [4.69, 9.17) is 19.0 Å². The second-order valence-corrected chi connectivity index (χ2v) is 5.98. The average molecular weight is 365 g/mol. The zero-order valence-electron chi connectivity index (χ0n) is 14.0.